The van der Waals surface area contributed by atoms with Crippen LogP contribution in [0.5, 0.6) is 0 Å². The summed E-state index contributed by atoms with van der Waals surface area (Å²) in [6, 6.07) is 11.2. The van der Waals surface area contributed by atoms with Crippen molar-refractivity contribution in [3.05, 3.63) is 35.9 Å². The molecule has 0 fully saturated rings. The Hall–Kier alpha value is -0.470. The molecule has 2 heteroatoms. The van der Waals surface area contributed by atoms with Crippen molar-refractivity contribution in [2.24, 2.45) is 5.92 Å². The number of nitrogens with one attached hydrogen (secondary N) is 1. The van der Waals surface area contributed by atoms with Gasteiger partial charge in [0.25, 0.3) is 0 Å². The molecule has 0 aromatic heterocycles. The molecule has 2 atom stereocenters. The van der Waals surface area contributed by atoms with Crippen LogP contribution in [0.4, 0.5) is 0 Å². The van der Waals surface area contributed by atoms with E-state index in [0.29, 0.717) is 17.2 Å². The first-order valence-corrected chi connectivity index (χ1v) is 7.59. The van der Waals surface area contributed by atoms with Crippen LogP contribution in [0.15, 0.2) is 30.3 Å². The van der Waals surface area contributed by atoms with E-state index in [1.165, 1.54) is 17.7 Å². The minimum absolute atomic E-state index is 0.452. The molecule has 0 aliphatic rings. The molecule has 0 saturated heterocycles. The van der Waals surface area contributed by atoms with Crippen LogP contribution >= 0.6 is 11.8 Å². The first-order chi connectivity index (χ1) is 8.20. The second-order valence-electron chi connectivity index (χ2n) is 4.76. The molecule has 1 aromatic carbocycles. The van der Waals surface area contributed by atoms with E-state index in [1.807, 2.05) is 0 Å². The van der Waals surface area contributed by atoms with Gasteiger partial charge in [0.05, 0.1) is 0 Å². The highest BCUT2D eigenvalue weighted by molar-refractivity contribution is 7.99. The Morgan fingerprint density at radius 2 is 1.82 bits per heavy atom. The summed E-state index contributed by atoms with van der Waals surface area (Å²) in [5, 5.41) is 4.13. The highest BCUT2D eigenvalue weighted by Crippen LogP contribution is 2.32. The quantitative estimate of drug-likeness (QED) is 0.782. The first-order valence-electron chi connectivity index (χ1n) is 6.54. The van der Waals surface area contributed by atoms with Crippen LogP contribution in [-0.2, 0) is 0 Å². The third kappa shape index (κ3) is 4.36. The predicted octanol–water partition coefficient (Wildman–Crippen LogP) is 4.11. The topological polar surface area (TPSA) is 12.0 Å². The zero-order chi connectivity index (χ0) is 12.7. The molecule has 0 amide bonds. The van der Waals surface area contributed by atoms with Crippen molar-refractivity contribution in [1.29, 1.82) is 0 Å². The van der Waals surface area contributed by atoms with Crippen LogP contribution in [0.3, 0.4) is 0 Å². The van der Waals surface area contributed by atoms with E-state index in [2.05, 4.69) is 75.2 Å². The lowest BCUT2D eigenvalue weighted by Gasteiger charge is -2.30. The molecule has 0 bridgehead atoms. The SMILES string of the molecule is CCCSC(C(C)C)C(NC)c1ccccc1. The van der Waals surface area contributed by atoms with E-state index < -0.39 is 0 Å². The lowest BCUT2D eigenvalue weighted by Crippen LogP contribution is -2.31. The normalized spacial score (nSPS) is 14.9. The lowest BCUT2D eigenvalue weighted by molar-refractivity contribution is 0.472. The molecule has 0 aliphatic carbocycles. The van der Waals surface area contributed by atoms with Gasteiger partial charge in [0.1, 0.15) is 0 Å². The Morgan fingerprint density at radius 3 is 2.29 bits per heavy atom. The van der Waals surface area contributed by atoms with Crippen molar-refractivity contribution in [3.8, 4) is 0 Å². The molecule has 1 rings (SSSR count). The monoisotopic (exact) mass is 251 g/mol. The summed E-state index contributed by atoms with van der Waals surface area (Å²) in [5.74, 6) is 1.93. The Balaban J connectivity index is 2.81. The lowest BCUT2D eigenvalue weighted by atomic mass is 9.96. The van der Waals surface area contributed by atoms with Crippen molar-refractivity contribution in [3.63, 3.8) is 0 Å². The minimum atomic E-state index is 0.452. The smallest absolute Gasteiger partial charge is 0.0440 e. The van der Waals surface area contributed by atoms with Crippen LogP contribution in [-0.4, -0.2) is 18.1 Å². The summed E-state index contributed by atoms with van der Waals surface area (Å²) in [6.45, 7) is 6.89. The van der Waals surface area contributed by atoms with Gasteiger partial charge < -0.3 is 5.32 Å². The summed E-state index contributed by atoms with van der Waals surface area (Å²) in [5.41, 5.74) is 1.40. The number of rotatable bonds is 7. The van der Waals surface area contributed by atoms with Gasteiger partial charge in [-0.2, -0.15) is 11.8 Å². The molecule has 1 aromatic rings. The number of hydrogen-bond acceptors (Lipinski definition) is 2. The number of thioether (sulfide) groups is 1. The first kappa shape index (κ1) is 14.6. The van der Waals surface area contributed by atoms with Crippen LogP contribution in [0.2, 0.25) is 0 Å². The van der Waals surface area contributed by atoms with Crippen molar-refractivity contribution in [2.45, 2.75) is 38.5 Å². The molecule has 2 unspecified atom stereocenters. The zero-order valence-electron chi connectivity index (χ0n) is 11.4. The van der Waals surface area contributed by atoms with Crippen LogP contribution in [0.1, 0.15) is 38.8 Å². The van der Waals surface area contributed by atoms with Crippen molar-refractivity contribution >= 4 is 11.8 Å². The standard InChI is InChI=1S/C15H25NS/c1-5-11-17-15(12(2)3)14(16-4)13-9-7-6-8-10-13/h6-10,12,14-16H,5,11H2,1-4H3. The van der Waals surface area contributed by atoms with Crippen LogP contribution < -0.4 is 5.32 Å². The maximum absolute atomic E-state index is 3.49. The predicted molar refractivity (Wildman–Crippen MR) is 79.6 cm³/mol. The van der Waals surface area contributed by atoms with Crippen molar-refractivity contribution < 1.29 is 0 Å². The van der Waals surface area contributed by atoms with Gasteiger partial charge in [-0.25, -0.2) is 0 Å². The molecule has 1 N–H and O–H groups in total. The fourth-order valence-corrected chi connectivity index (χ4v) is 3.49. The van der Waals surface area contributed by atoms with Crippen LogP contribution in [0.25, 0.3) is 0 Å². The summed E-state index contributed by atoms with van der Waals surface area (Å²) < 4.78 is 0. The van der Waals surface area contributed by atoms with E-state index in [0.717, 1.165) is 0 Å². The molecule has 0 spiro atoms. The summed E-state index contributed by atoms with van der Waals surface area (Å²) in [4.78, 5) is 0. The van der Waals surface area contributed by atoms with Gasteiger partial charge >= 0.3 is 0 Å². The number of hydrogen-bond donors (Lipinski definition) is 1. The largest absolute Gasteiger partial charge is 0.312 e. The summed E-state index contributed by atoms with van der Waals surface area (Å²) >= 11 is 2.09. The molecule has 0 aliphatic heterocycles. The Kier molecular flexibility index (Phi) is 6.68. The van der Waals surface area contributed by atoms with Crippen LogP contribution in [0, 0.1) is 5.92 Å². The van der Waals surface area contributed by atoms with Gasteiger partial charge in [0.2, 0.25) is 0 Å². The Bertz CT molecular complexity index is 297. The second kappa shape index (κ2) is 7.78. The van der Waals surface area contributed by atoms with Gasteiger partial charge in [0.15, 0.2) is 0 Å². The van der Waals surface area contributed by atoms with Gasteiger partial charge in [-0.3, -0.25) is 0 Å². The van der Waals surface area contributed by atoms with Gasteiger partial charge in [-0.15, -0.1) is 0 Å². The zero-order valence-corrected chi connectivity index (χ0v) is 12.3. The fraction of sp³-hybridized carbons (Fsp3) is 0.600. The molecule has 0 saturated carbocycles. The highest BCUT2D eigenvalue weighted by Gasteiger charge is 2.24. The van der Waals surface area contributed by atoms with E-state index in [1.54, 1.807) is 0 Å². The Labute approximate surface area is 110 Å². The molecule has 1 nitrogen and oxygen atoms in total. The van der Waals surface area contributed by atoms with E-state index in [4.69, 9.17) is 0 Å². The maximum Gasteiger partial charge on any atom is 0.0440 e. The fourth-order valence-electron chi connectivity index (χ4n) is 2.11. The molecule has 17 heavy (non-hydrogen) atoms. The van der Waals surface area contributed by atoms with E-state index in [9.17, 15) is 0 Å². The van der Waals surface area contributed by atoms with Crippen molar-refractivity contribution in [2.75, 3.05) is 12.8 Å². The third-order valence-corrected chi connectivity index (χ3v) is 4.82. The highest BCUT2D eigenvalue weighted by atomic mass is 32.2. The summed E-state index contributed by atoms with van der Waals surface area (Å²) in [6.07, 6.45) is 1.25. The summed E-state index contributed by atoms with van der Waals surface area (Å²) in [7, 11) is 2.07. The Morgan fingerprint density at radius 1 is 1.18 bits per heavy atom. The van der Waals surface area contributed by atoms with Gasteiger partial charge in [-0.05, 0) is 30.7 Å². The van der Waals surface area contributed by atoms with Gasteiger partial charge in [0, 0.05) is 11.3 Å². The molecular weight excluding hydrogens is 226 g/mol. The van der Waals surface area contributed by atoms with Crippen molar-refractivity contribution in [1.82, 2.24) is 5.32 Å². The average molecular weight is 251 g/mol. The maximum atomic E-state index is 3.49. The van der Waals surface area contributed by atoms with E-state index >= 15 is 0 Å². The van der Waals surface area contributed by atoms with E-state index in [-0.39, 0.29) is 0 Å². The third-order valence-electron chi connectivity index (χ3n) is 2.97. The molecule has 0 radical (unpaired) electrons. The molecule has 0 heterocycles. The number of benzene rings is 1. The van der Waals surface area contributed by atoms with Gasteiger partial charge in [-0.1, -0.05) is 51.1 Å². The average Bonchev–Trinajstić information content (AvgIpc) is 2.35. The molecular formula is C15H25NS. The molecule has 96 valence electrons. The second-order valence-corrected chi connectivity index (χ2v) is 6.04. The minimum Gasteiger partial charge on any atom is -0.312 e.